The summed E-state index contributed by atoms with van der Waals surface area (Å²) in [6.45, 7) is -0.0872. The summed E-state index contributed by atoms with van der Waals surface area (Å²) in [5.74, 6) is 0.568. The van der Waals surface area contributed by atoms with Crippen molar-refractivity contribution in [1.29, 1.82) is 0 Å². The zero-order valence-corrected chi connectivity index (χ0v) is 15.4. The summed E-state index contributed by atoms with van der Waals surface area (Å²) in [4.78, 5) is 11.3. The normalized spacial score (nSPS) is 12.5. The lowest BCUT2D eigenvalue weighted by atomic mass is 10.2. The molecule has 2 aromatic carbocycles. The molecule has 0 fully saturated rings. The maximum absolute atomic E-state index is 11.4. The first-order valence-corrected chi connectivity index (χ1v) is 10.2. The number of nitro benzene ring substituents is 1. The van der Waals surface area contributed by atoms with Gasteiger partial charge in [0.25, 0.3) is 5.69 Å². The molecular formula is C16H19N3O5S2. The van der Waals surface area contributed by atoms with Crippen LogP contribution >= 0.6 is 11.8 Å². The minimum atomic E-state index is -4.04. The van der Waals surface area contributed by atoms with Gasteiger partial charge < -0.3 is 10.4 Å². The highest BCUT2D eigenvalue weighted by Crippen LogP contribution is 2.29. The van der Waals surface area contributed by atoms with Crippen LogP contribution in [-0.4, -0.2) is 36.8 Å². The fraction of sp³-hybridized carbons (Fsp3) is 0.250. The molecule has 2 aromatic rings. The van der Waals surface area contributed by atoms with Crippen molar-refractivity contribution in [2.45, 2.75) is 22.3 Å². The summed E-state index contributed by atoms with van der Waals surface area (Å²) < 4.78 is 22.8. The van der Waals surface area contributed by atoms with Crippen molar-refractivity contribution in [3.05, 3.63) is 58.6 Å². The molecule has 2 rings (SSSR count). The summed E-state index contributed by atoms with van der Waals surface area (Å²) in [5.41, 5.74) is -0.210. The number of hydrogen-bond donors (Lipinski definition) is 3. The average molecular weight is 397 g/mol. The maximum Gasteiger partial charge on any atom is 0.293 e. The number of rotatable bonds is 9. The van der Waals surface area contributed by atoms with Gasteiger partial charge in [-0.25, -0.2) is 13.6 Å². The molecule has 0 bridgehead atoms. The third kappa shape index (κ3) is 5.70. The van der Waals surface area contributed by atoms with Crippen molar-refractivity contribution < 1.29 is 18.4 Å². The Morgan fingerprint density at radius 1 is 1.23 bits per heavy atom. The lowest BCUT2D eigenvalue weighted by molar-refractivity contribution is -0.384. The number of nitrogens with two attached hydrogens (primary N) is 1. The number of aliphatic hydroxyl groups excluding tert-OH is 1. The molecule has 0 spiro atoms. The first-order chi connectivity index (χ1) is 12.3. The van der Waals surface area contributed by atoms with Gasteiger partial charge in [0.15, 0.2) is 0 Å². The number of nitro groups is 1. The van der Waals surface area contributed by atoms with Gasteiger partial charge in [0.2, 0.25) is 10.0 Å². The molecule has 1 atom stereocenters. The molecule has 0 saturated carbocycles. The Balaban J connectivity index is 2.20. The lowest BCUT2D eigenvalue weighted by Crippen LogP contribution is -2.24. The standard InChI is InChI=1S/C16H19N3O5S2/c17-26(23,24)14-6-7-15(16(10-14)19(21)22)18-12(8-9-20)11-25-13-4-2-1-3-5-13/h1-7,10,12,18,20H,8-9,11H2,(H2,17,23,24)/t12-/m1/s1. The Kier molecular flexibility index (Phi) is 6.98. The molecule has 0 amide bonds. The van der Waals surface area contributed by atoms with E-state index < -0.39 is 14.9 Å². The minimum absolute atomic E-state index is 0.0872. The van der Waals surface area contributed by atoms with Gasteiger partial charge in [0, 0.05) is 29.4 Å². The van der Waals surface area contributed by atoms with Gasteiger partial charge in [0.1, 0.15) is 5.69 Å². The first kappa shape index (κ1) is 20.2. The highest BCUT2D eigenvalue weighted by atomic mass is 32.2. The van der Waals surface area contributed by atoms with E-state index in [2.05, 4.69) is 5.32 Å². The lowest BCUT2D eigenvalue weighted by Gasteiger charge is -2.19. The van der Waals surface area contributed by atoms with Crippen LogP contribution in [0.3, 0.4) is 0 Å². The molecule has 8 nitrogen and oxygen atoms in total. The molecule has 0 heterocycles. The Hall–Kier alpha value is -2.14. The summed E-state index contributed by atoms with van der Waals surface area (Å²) in [6, 6.07) is 12.8. The van der Waals surface area contributed by atoms with E-state index >= 15 is 0 Å². The number of primary sulfonamides is 1. The molecule has 0 radical (unpaired) electrons. The number of hydrogen-bond acceptors (Lipinski definition) is 7. The number of nitrogens with zero attached hydrogens (tertiary/aromatic N) is 1. The molecule has 0 aliphatic rings. The van der Waals surface area contributed by atoms with Gasteiger partial charge >= 0.3 is 0 Å². The second kappa shape index (κ2) is 8.99. The fourth-order valence-electron chi connectivity index (χ4n) is 2.25. The van der Waals surface area contributed by atoms with Gasteiger partial charge in [-0.3, -0.25) is 10.1 Å². The van der Waals surface area contributed by atoms with E-state index in [9.17, 15) is 23.6 Å². The Morgan fingerprint density at radius 2 is 1.92 bits per heavy atom. The Morgan fingerprint density at radius 3 is 2.50 bits per heavy atom. The summed E-state index contributed by atoms with van der Waals surface area (Å²) in [7, 11) is -4.04. The smallest absolute Gasteiger partial charge is 0.293 e. The summed E-state index contributed by atoms with van der Waals surface area (Å²) >= 11 is 1.55. The molecule has 10 heteroatoms. The SMILES string of the molecule is NS(=O)(=O)c1ccc(N[C@H](CCO)CSc2ccccc2)c([N+](=O)[O-])c1. The number of thioether (sulfide) groups is 1. The van der Waals surface area contributed by atoms with E-state index in [0.29, 0.717) is 12.2 Å². The van der Waals surface area contributed by atoms with Crippen LogP contribution in [0.1, 0.15) is 6.42 Å². The number of aliphatic hydroxyl groups is 1. The molecule has 0 aromatic heterocycles. The van der Waals surface area contributed by atoms with Crippen molar-refractivity contribution in [1.82, 2.24) is 0 Å². The van der Waals surface area contributed by atoms with Crippen LogP contribution in [0.15, 0.2) is 58.3 Å². The minimum Gasteiger partial charge on any atom is -0.396 e. The largest absolute Gasteiger partial charge is 0.396 e. The number of benzene rings is 2. The van der Waals surface area contributed by atoms with Gasteiger partial charge in [-0.2, -0.15) is 0 Å². The van der Waals surface area contributed by atoms with E-state index in [0.717, 1.165) is 11.0 Å². The van der Waals surface area contributed by atoms with Crippen LogP contribution in [0.2, 0.25) is 0 Å². The summed E-state index contributed by atoms with van der Waals surface area (Å²) in [6.07, 6.45) is 0.383. The maximum atomic E-state index is 11.4. The van der Waals surface area contributed by atoms with Crippen LogP contribution in [0.5, 0.6) is 0 Å². The molecule has 4 N–H and O–H groups in total. The molecule has 0 saturated heterocycles. The zero-order valence-electron chi connectivity index (χ0n) is 13.7. The van der Waals surface area contributed by atoms with Crippen molar-refractivity contribution in [2.75, 3.05) is 17.7 Å². The first-order valence-electron chi connectivity index (χ1n) is 7.67. The quantitative estimate of drug-likeness (QED) is 0.335. The van der Waals surface area contributed by atoms with E-state index in [4.69, 9.17) is 5.14 Å². The van der Waals surface area contributed by atoms with Crippen LogP contribution in [-0.2, 0) is 10.0 Å². The Labute approximate surface area is 155 Å². The van der Waals surface area contributed by atoms with Crippen LogP contribution in [0.25, 0.3) is 0 Å². The molecule has 26 heavy (non-hydrogen) atoms. The predicted octanol–water partition coefficient (Wildman–Crippen LogP) is 2.20. The van der Waals surface area contributed by atoms with Gasteiger partial charge in [-0.1, -0.05) is 18.2 Å². The van der Waals surface area contributed by atoms with Crippen LogP contribution in [0, 0.1) is 10.1 Å². The van der Waals surface area contributed by atoms with Gasteiger partial charge in [-0.05, 0) is 30.7 Å². The van der Waals surface area contributed by atoms with Crippen LogP contribution in [0.4, 0.5) is 11.4 Å². The fourth-order valence-corrected chi connectivity index (χ4v) is 3.77. The van der Waals surface area contributed by atoms with E-state index in [1.807, 2.05) is 30.3 Å². The third-order valence-corrected chi connectivity index (χ3v) is 5.61. The summed E-state index contributed by atoms with van der Waals surface area (Å²) in [5, 5.41) is 28.6. The van der Waals surface area contributed by atoms with Crippen molar-refractivity contribution in [3.63, 3.8) is 0 Å². The van der Waals surface area contributed by atoms with E-state index in [1.54, 1.807) is 11.8 Å². The molecule has 0 unspecified atom stereocenters. The molecule has 140 valence electrons. The third-order valence-electron chi connectivity index (χ3n) is 3.53. The topological polar surface area (TPSA) is 136 Å². The van der Waals surface area contributed by atoms with Gasteiger partial charge in [0.05, 0.1) is 9.82 Å². The van der Waals surface area contributed by atoms with E-state index in [1.165, 1.54) is 12.1 Å². The van der Waals surface area contributed by atoms with Crippen LogP contribution < -0.4 is 10.5 Å². The number of nitrogens with one attached hydrogen (secondary N) is 1. The number of sulfonamides is 1. The molecule has 0 aliphatic heterocycles. The predicted molar refractivity (Wildman–Crippen MR) is 101 cm³/mol. The molecular weight excluding hydrogens is 378 g/mol. The molecule has 0 aliphatic carbocycles. The highest BCUT2D eigenvalue weighted by molar-refractivity contribution is 7.99. The van der Waals surface area contributed by atoms with Gasteiger partial charge in [-0.15, -0.1) is 11.8 Å². The average Bonchev–Trinajstić information content (AvgIpc) is 2.60. The highest BCUT2D eigenvalue weighted by Gasteiger charge is 2.21. The van der Waals surface area contributed by atoms with Crippen molar-refractivity contribution in [2.24, 2.45) is 5.14 Å². The second-order valence-electron chi connectivity index (χ2n) is 5.46. The van der Waals surface area contributed by atoms with Crippen molar-refractivity contribution in [3.8, 4) is 0 Å². The zero-order chi connectivity index (χ0) is 19.2. The monoisotopic (exact) mass is 397 g/mol. The Bertz CT molecular complexity index is 859. The number of anilines is 1. The second-order valence-corrected chi connectivity index (χ2v) is 8.11. The van der Waals surface area contributed by atoms with Crippen molar-refractivity contribution >= 4 is 33.2 Å². The van der Waals surface area contributed by atoms with E-state index in [-0.39, 0.29) is 28.9 Å².